The van der Waals surface area contributed by atoms with Crippen LogP contribution < -0.4 is 10.2 Å². The van der Waals surface area contributed by atoms with E-state index in [0.717, 1.165) is 44.5 Å². The summed E-state index contributed by atoms with van der Waals surface area (Å²) in [7, 11) is 0. The standard InChI is InChI=1S/C18H26N4O3/c1-12-16(13(2)23)11-20-17(21-12)22-8-6-18(7-9-22)5-4-15(25-18)10-19-14(3)24/h11,15H,4-10H2,1-3H3,(H,19,24)/t15-/m0/s1. The van der Waals surface area contributed by atoms with Crippen molar-refractivity contribution in [3.63, 3.8) is 0 Å². The van der Waals surface area contributed by atoms with Crippen LogP contribution in [0.3, 0.4) is 0 Å². The quantitative estimate of drug-likeness (QED) is 0.835. The van der Waals surface area contributed by atoms with Gasteiger partial charge in [-0.1, -0.05) is 0 Å². The van der Waals surface area contributed by atoms with Crippen LogP contribution in [-0.4, -0.2) is 53.0 Å². The number of ether oxygens (including phenoxy) is 1. The van der Waals surface area contributed by atoms with Gasteiger partial charge in [-0.2, -0.15) is 0 Å². The molecule has 1 spiro atoms. The van der Waals surface area contributed by atoms with Crippen LogP contribution in [-0.2, 0) is 9.53 Å². The molecule has 7 nitrogen and oxygen atoms in total. The van der Waals surface area contributed by atoms with Crippen molar-refractivity contribution in [1.82, 2.24) is 15.3 Å². The van der Waals surface area contributed by atoms with E-state index in [1.807, 2.05) is 6.92 Å². The molecule has 0 saturated carbocycles. The van der Waals surface area contributed by atoms with Crippen molar-refractivity contribution in [2.75, 3.05) is 24.5 Å². The summed E-state index contributed by atoms with van der Waals surface area (Å²) in [6.07, 6.45) is 5.63. The first-order valence-electron chi connectivity index (χ1n) is 8.90. The number of carbonyl (C=O) groups is 2. The second-order valence-electron chi connectivity index (χ2n) is 7.11. The van der Waals surface area contributed by atoms with Gasteiger partial charge in [0.15, 0.2) is 5.78 Å². The number of carbonyl (C=O) groups excluding carboxylic acids is 2. The predicted molar refractivity (Wildman–Crippen MR) is 93.7 cm³/mol. The summed E-state index contributed by atoms with van der Waals surface area (Å²) in [6.45, 7) is 7.18. The van der Waals surface area contributed by atoms with E-state index in [4.69, 9.17) is 4.74 Å². The van der Waals surface area contributed by atoms with Crippen LogP contribution in [0.5, 0.6) is 0 Å². The largest absolute Gasteiger partial charge is 0.370 e. The van der Waals surface area contributed by atoms with Gasteiger partial charge in [-0.15, -0.1) is 0 Å². The van der Waals surface area contributed by atoms with Gasteiger partial charge in [-0.05, 0) is 39.5 Å². The molecule has 25 heavy (non-hydrogen) atoms. The summed E-state index contributed by atoms with van der Waals surface area (Å²) in [5.74, 6) is 0.664. The third kappa shape index (κ3) is 3.98. The van der Waals surface area contributed by atoms with Crippen LogP contribution in [0.15, 0.2) is 6.20 Å². The summed E-state index contributed by atoms with van der Waals surface area (Å²) < 4.78 is 6.27. The molecular formula is C18H26N4O3. The fourth-order valence-corrected chi connectivity index (χ4v) is 3.73. The Balaban J connectivity index is 1.58. The fourth-order valence-electron chi connectivity index (χ4n) is 3.73. The lowest BCUT2D eigenvalue weighted by molar-refractivity contribution is -0.120. The smallest absolute Gasteiger partial charge is 0.225 e. The van der Waals surface area contributed by atoms with E-state index in [2.05, 4.69) is 20.2 Å². The van der Waals surface area contributed by atoms with Crippen molar-refractivity contribution in [1.29, 1.82) is 0 Å². The highest BCUT2D eigenvalue weighted by atomic mass is 16.5. The van der Waals surface area contributed by atoms with Crippen molar-refractivity contribution in [3.05, 3.63) is 17.5 Å². The van der Waals surface area contributed by atoms with E-state index >= 15 is 0 Å². The Labute approximate surface area is 148 Å². The lowest BCUT2D eigenvalue weighted by Gasteiger charge is -2.39. The number of piperidine rings is 1. The highest BCUT2D eigenvalue weighted by molar-refractivity contribution is 5.94. The Kier molecular flexibility index (Phi) is 5.03. The summed E-state index contributed by atoms with van der Waals surface area (Å²) in [6, 6.07) is 0. The third-order valence-electron chi connectivity index (χ3n) is 5.22. The number of Topliss-reactive ketones (excluding diaryl/α,β-unsaturated/α-hetero) is 1. The zero-order valence-corrected chi connectivity index (χ0v) is 15.2. The van der Waals surface area contributed by atoms with Crippen LogP contribution in [0.1, 0.15) is 55.6 Å². The van der Waals surface area contributed by atoms with Crippen LogP contribution >= 0.6 is 0 Å². The molecule has 0 unspecified atom stereocenters. The average molecular weight is 346 g/mol. The average Bonchev–Trinajstić information content (AvgIpc) is 2.96. The maximum absolute atomic E-state index is 11.5. The molecule has 1 amide bonds. The van der Waals surface area contributed by atoms with Crippen molar-refractivity contribution in [2.24, 2.45) is 0 Å². The summed E-state index contributed by atoms with van der Waals surface area (Å²) >= 11 is 0. The van der Waals surface area contributed by atoms with Crippen molar-refractivity contribution < 1.29 is 14.3 Å². The van der Waals surface area contributed by atoms with Crippen LogP contribution in [0.25, 0.3) is 0 Å². The molecule has 7 heteroatoms. The number of amides is 1. The van der Waals surface area contributed by atoms with Crippen LogP contribution in [0.2, 0.25) is 0 Å². The van der Waals surface area contributed by atoms with Gasteiger partial charge < -0.3 is 15.0 Å². The number of rotatable bonds is 4. The highest BCUT2D eigenvalue weighted by Crippen LogP contribution is 2.39. The second-order valence-corrected chi connectivity index (χ2v) is 7.11. The molecule has 2 aliphatic heterocycles. The molecule has 0 bridgehead atoms. The summed E-state index contributed by atoms with van der Waals surface area (Å²) in [5.41, 5.74) is 1.23. The maximum atomic E-state index is 11.5. The molecule has 1 atom stereocenters. The van der Waals surface area contributed by atoms with Gasteiger partial charge in [0.05, 0.1) is 23.0 Å². The molecular weight excluding hydrogens is 320 g/mol. The van der Waals surface area contributed by atoms with Crippen molar-refractivity contribution >= 4 is 17.6 Å². The fraction of sp³-hybridized carbons (Fsp3) is 0.667. The lowest BCUT2D eigenvalue weighted by Crippen LogP contribution is -2.45. The van der Waals surface area contributed by atoms with Gasteiger partial charge >= 0.3 is 0 Å². The van der Waals surface area contributed by atoms with Gasteiger partial charge in [0.2, 0.25) is 11.9 Å². The van der Waals surface area contributed by atoms with Crippen LogP contribution in [0, 0.1) is 6.92 Å². The minimum Gasteiger partial charge on any atom is -0.370 e. The summed E-state index contributed by atoms with van der Waals surface area (Å²) in [4.78, 5) is 33.6. The van der Waals surface area contributed by atoms with Gasteiger partial charge in [-0.25, -0.2) is 9.97 Å². The zero-order valence-electron chi connectivity index (χ0n) is 15.2. The topological polar surface area (TPSA) is 84.4 Å². The molecule has 0 aromatic carbocycles. The number of aromatic nitrogens is 2. The molecule has 2 aliphatic rings. The van der Waals surface area contributed by atoms with E-state index in [9.17, 15) is 9.59 Å². The number of aryl methyl sites for hydroxylation is 1. The zero-order chi connectivity index (χ0) is 18.0. The molecule has 3 heterocycles. The van der Waals surface area contributed by atoms with E-state index < -0.39 is 0 Å². The number of hydrogen-bond acceptors (Lipinski definition) is 6. The molecule has 1 aromatic heterocycles. The molecule has 136 valence electrons. The minimum absolute atomic E-state index is 0.00813. The monoisotopic (exact) mass is 346 g/mol. The van der Waals surface area contributed by atoms with Gasteiger partial charge in [-0.3, -0.25) is 9.59 Å². The number of anilines is 1. The molecule has 3 rings (SSSR count). The molecule has 0 aliphatic carbocycles. The normalized spacial score (nSPS) is 22.2. The molecule has 2 fully saturated rings. The Morgan fingerprint density at radius 1 is 1.32 bits per heavy atom. The SMILES string of the molecule is CC(=O)NC[C@@H]1CCC2(CCN(c3ncc(C(C)=O)c(C)n3)CC2)O1. The van der Waals surface area contributed by atoms with E-state index in [1.54, 1.807) is 6.20 Å². The first-order valence-corrected chi connectivity index (χ1v) is 8.90. The van der Waals surface area contributed by atoms with E-state index in [0.29, 0.717) is 18.1 Å². The predicted octanol–water partition coefficient (Wildman–Crippen LogP) is 1.64. The van der Waals surface area contributed by atoms with E-state index in [-0.39, 0.29) is 23.4 Å². The number of nitrogens with one attached hydrogen (secondary N) is 1. The Morgan fingerprint density at radius 3 is 2.64 bits per heavy atom. The molecule has 0 radical (unpaired) electrons. The van der Waals surface area contributed by atoms with Crippen molar-refractivity contribution in [3.8, 4) is 0 Å². The molecule has 1 aromatic rings. The van der Waals surface area contributed by atoms with Gasteiger partial charge in [0, 0.05) is 32.8 Å². The minimum atomic E-state index is -0.0754. The third-order valence-corrected chi connectivity index (χ3v) is 5.22. The maximum Gasteiger partial charge on any atom is 0.225 e. The Hall–Kier alpha value is -2.02. The van der Waals surface area contributed by atoms with Gasteiger partial charge in [0.1, 0.15) is 0 Å². The number of hydrogen-bond donors (Lipinski definition) is 1. The Bertz CT molecular complexity index is 668. The van der Waals surface area contributed by atoms with Crippen molar-refractivity contribution in [2.45, 2.75) is 58.2 Å². The highest BCUT2D eigenvalue weighted by Gasteiger charge is 2.42. The van der Waals surface area contributed by atoms with Gasteiger partial charge in [0.25, 0.3) is 0 Å². The molecule has 2 saturated heterocycles. The lowest BCUT2D eigenvalue weighted by atomic mass is 9.88. The molecule has 1 N–H and O–H groups in total. The van der Waals surface area contributed by atoms with E-state index in [1.165, 1.54) is 13.8 Å². The first kappa shape index (κ1) is 17.8. The number of ketones is 1. The Morgan fingerprint density at radius 2 is 2.04 bits per heavy atom. The summed E-state index contributed by atoms with van der Waals surface area (Å²) in [5, 5.41) is 2.84. The van der Waals surface area contributed by atoms with Crippen LogP contribution in [0.4, 0.5) is 5.95 Å². The second kappa shape index (κ2) is 7.07. The first-order chi connectivity index (χ1) is 11.9. The number of nitrogens with zero attached hydrogens (tertiary/aromatic N) is 3.